The van der Waals surface area contributed by atoms with Gasteiger partial charge in [-0.1, -0.05) is 5.16 Å². The van der Waals surface area contributed by atoms with Gasteiger partial charge in [-0.3, -0.25) is 4.79 Å². The molecule has 1 amide bonds. The van der Waals surface area contributed by atoms with Gasteiger partial charge in [0.2, 0.25) is 5.91 Å². The molecule has 0 unspecified atom stereocenters. The Morgan fingerprint density at radius 2 is 2.11 bits per heavy atom. The summed E-state index contributed by atoms with van der Waals surface area (Å²) in [5, 5.41) is 15.1. The van der Waals surface area contributed by atoms with Crippen LogP contribution in [-0.4, -0.2) is 16.8 Å². The summed E-state index contributed by atoms with van der Waals surface area (Å²) in [6.07, 6.45) is 3.15. The van der Waals surface area contributed by atoms with Gasteiger partial charge in [-0.05, 0) is 49.8 Å². The van der Waals surface area contributed by atoms with Gasteiger partial charge in [0.05, 0.1) is 11.4 Å². The summed E-state index contributed by atoms with van der Waals surface area (Å²) in [5.74, 6) is -0.617. The van der Waals surface area contributed by atoms with Crippen molar-refractivity contribution >= 4 is 17.3 Å². The van der Waals surface area contributed by atoms with Crippen LogP contribution in [0, 0.1) is 12.7 Å². The van der Waals surface area contributed by atoms with Gasteiger partial charge in [0.25, 0.3) is 0 Å². The third-order valence-electron chi connectivity index (χ3n) is 3.46. The summed E-state index contributed by atoms with van der Waals surface area (Å²) in [4.78, 5) is 11.2. The number of rotatable bonds is 1. The van der Waals surface area contributed by atoms with Crippen LogP contribution >= 0.6 is 0 Å². The Balaban J connectivity index is 2.68. The molecule has 0 atom stereocenters. The van der Waals surface area contributed by atoms with Crippen LogP contribution in [0.4, 0.5) is 10.1 Å². The fourth-order valence-electron chi connectivity index (χ4n) is 2.55. The number of carbonyl (C=O) groups is 1. The molecular weight excluding hydrogens is 247 g/mol. The monoisotopic (exact) mass is 264 g/mol. The molecule has 0 heterocycles. The number of amides is 1. The van der Waals surface area contributed by atoms with E-state index in [1.807, 2.05) is 0 Å². The summed E-state index contributed by atoms with van der Waals surface area (Å²) in [5.41, 5.74) is 2.97. The van der Waals surface area contributed by atoms with Crippen LogP contribution in [0.5, 0.6) is 0 Å². The molecule has 1 aromatic carbocycles. The van der Waals surface area contributed by atoms with Crippen LogP contribution < -0.4 is 5.32 Å². The lowest BCUT2D eigenvalue weighted by Gasteiger charge is -2.16. The van der Waals surface area contributed by atoms with Gasteiger partial charge in [-0.2, -0.15) is 0 Å². The van der Waals surface area contributed by atoms with Gasteiger partial charge in [0.1, 0.15) is 5.82 Å². The van der Waals surface area contributed by atoms with Crippen LogP contribution in [0.3, 0.4) is 0 Å². The van der Waals surface area contributed by atoms with Crippen molar-refractivity contribution in [3.63, 3.8) is 0 Å². The molecule has 19 heavy (non-hydrogen) atoms. The molecule has 0 fully saturated rings. The maximum atomic E-state index is 13.9. The van der Waals surface area contributed by atoms with E-state index in [1.165, 1.54) is 13.0 Å². The second-order valence-corrected chi connectivity index (χ2v) is 4.82. The fraction of sp³-hybridized carbons (Fsp3) is 0.429. The van der Waals surface area contributed by atoms with Crippen molar-refractivity contribution in [2.24, 2.45) is 5.16 Å². The molecule has 1 aliphatic carbocycles. The first-order chi connectivity index (χ1) is 9.04. The third-order valence-corrected chi connectivity index (χ3v) is 3.46. The summed E-state index contributed by atoms with van der Waals surface area (Å²) >= 11 is 0. The standard InChI is InChI=1S/C14H17FN2O2/c1-8-10-5-3-4-6-12(17-19)14(10)13(7-11(8)15)16-9(2)18/h7,19H,3-6H2,1-2H3,(H,16,18)/b17-12+. The van der Waals surface area contributed by atoms with E-state index >= 15 is 0 Å². The lowest BCUT2D eigenvalue weighted by molar-refractivity contribution is -0.114. The van der Waals surface area contributed by atoms with Crippen molar-refractivity contribution in [2.45, 2.75) is 39.5 Å². The van der Waals surface area contributed by atoms with Crippen molar-refractivity contribution < 1.29 is 14.4 Å². The number of fused-ring (bicyclic) bond motifs is 1. The smallest absolute Gasteiger partial charge is 0.221 e. The summed E-state index contributed by atoms with van der Waals surface area (Å²) in [6.45, 7) is 3.09. The maximum absolute atomic E-state index is 13.9. The molecule has 0 bridgehead atoms. The van der Waals surface area contributed by atoms with Crippen LogP contribution in [0.1, 0.15) is 42.9 Å². The molecular formula is C14H17FN2O2. The van der Waals surface area contributed by atoms with E-state index in [9.17, 15) is 9.18 Å². The Bertz CT molecular complexity index is 553. The largest absolute Gasteiger partial charge is 0.411 e. The Morgan fingerprint density at radius 3 is 2.74 bits per heavy atom. The first-order valence-corrected chi connectivity index (χ1v) is 6.35. The van der Waals surface area contributed by atoms with Crippen molar-refractivity contribution in [3.8, 4) is 0 Å². The molecule has 1 aliphatic rings. The number of nitrogens with one attached hydrogen (secondary N) is 1. The molecule has 0 aromatic heterocycles. The number of carbonyl (C=O) groups excluding carboxylic acids is 1. The Hall–Kier alpha value is -1.91. The number of nitrogens with zero attached hydrogens (tertiary/aromatic N) is 1. The van der Waals surface area contributed by atoms with Gasteiger partial charge in [0.15, 0.2) is 0 Å². The van der Waals surface area contributed by atoms with Crippen molar-refractivity contribution in [1.29, 1.82) is 0 Å². The molecule has 0 radical (unpaired) electrons. The maximum Gasteiger partial charge on any atom is 0.221 e. The van der Waals surface area contributed by atoms with Gasteiger partial charge in [0, 0.05) is 12.5 Å². The van der Waals surface area contributed by atoms with Crippen LogP contribution in [-0.2, 0) is 11.2 Å². The van der Waals surface area contributed by atoms with Crippen LogP contribution in [0.2, 0.25) is 0 Å². The van der Waals surface area contributed by atoms with Crippen LogP contribution in [0.15, 0.2) is 11.2 Å². The molecule has 5 heteroatoms. The zero-order chi connectivity index (χ0) is 14.0. The van der Waals surface area contributed by atoms with Gasteiger partial charge < -0.3 is 10.5 Å². The third kappa shape index (κ3) is 2.59. The lowest BCUT2D eigenvalue weighted by Crippen LogP contribution is -2.14. The Morgan fingerprint density at radius 1 is 1.42 bits per heavy atom. The molecule has 2 N–H and O–H groups in total. The van der Waals surface area contributed by atoms with Crippen molar-refractivity contribution in [3.05, 3.63) is 28.6 Å². The molecule has 0 aliphatic heterocycles. The van der Waals surface area contributed by atoms with E-state index in [1.54, 1.807) is 6.92 Å². The molecule has 1 aromatic rings. The van der Waals surface area contributed by atoms with E-state index in [4.69, 9.17) is 5.21 Å². The molecule has 102 valence electrons. The highest BCUT2D eigenvalue weighted by atomic mass is 19.1. The summed E-state index contributed by atoms with van der Waals surface area (Å²) in [6, 6.07) is 1.30. The van der Waals surface area contributed by atoms with Crippen molar-refractivity contribution in [1.82, 2.24) is 0 Å². The second kappa shape index (κ2) is 5.38. The minimum absolute atomic E-state index is 0.271. The Kier molecular flexibility index (Phi) is 3.83. The van der Waals surface area contributed by atoms with E-state index in [-0.39, 0.29) is 11.7 Å². The minimum Gasteiger partial charge on any atom is -0.411 e. The predicted molar refractivity (Wildman–Crippen MR) is 71.3 cm³/mol. The average Bonchev–Trinajstić information content (AvgIpc) is 2.57. The highest BCUT2D eigenvalue weighted by molar-refractivity contribution is 6.09. The molecule has 0 saturated carbocycles. The zero-order valence-corrected chi connectivity index (χ0v) is 11.1. The first-order valence-electron chi connectivity index (χ1n) is 6.35. The molecule has 0 saturated heterocycles. The number of halogens is 1. The topological polar surface area (TPSA) is 61.7 Å². The van der Waals surface area contributed by atoms with Gasteiger partial charge in [-0.25, -0.2) is 4.39 Å². The number of oxime groups is 1. The zero-order valence-electron chi connectivity index (χ0n) is 11.1. The normalized spacial score (nSPS) is 16.9. The van der Waals surface area contributed by atoms with Crippen molar-refractivity contribution in [2.75, 3.05) is 5.32 Å². The number of benzene rings is 1. The molecule has 0 spiro atoms. The highest BCUT2D eigenvalue weighted by Crippen LogP contribution is 2.32. The van der Waals surface area contributed by atoms with E-state index in [0.29, 0.717) is 28.9 Å². The van der Waals surface area contributed by atoms with E-state index < -0.39 is 0 Å². The quantitative estimate of drug-likeness (QED) is 0.465. The molecule has 2 rings (SSSR count). The SMILES string of the molecule is CC(=O)Nc1cc(F)c(C)c2c1/C(=N/O)CCCC2. The minimum atomic E-state index is -0.346. The van der Waals surface area contributed by atoms with Gasteiger partial charge in [-0.15, -0.1) is 0 Å². The first kappa shape index (κ1) is 13.5. The lowest BCUT2D eigenvalue weighted by atomic mass is 9.94. The second-order valence-electron chi connectivity index (χ2n) is 4.82. The summed E-state index contributed by atoms with van der Waals surface area (Å²) < 4.78 is 13.9. The fourth-order valence-corrected chi connectivity index (χ4v) is 2.55. The number of anilines is 1. The predicted octanol–water partition coefficient (Wildman–Crippen LogP) is 3.00. The number of hydrogen-bond donors (Lipinski definition) is 2. The molecule has 4 nitrogen and oxygen atoms in total. The van der Waals surface area contributed by atoms with E-state index in [0.717, 1.165) is 24.8 Å². The van der Waals surface area contributed by atoms with Gasteiger partial charge >= 0.3 is 0 Å². The summed E-state index contributed by atoms with van der Waals surface area (Å²) in [7, 11) is 0. The highest BCUT2D eigenvalue weighted by Gasteiger charge is 2.22. The Labute approximate surface area is 111 Å². The van der Waals surface area contributed by atoms with Crippen LogP contribution in [0.25, 0.3) is 0 Å². The average molecular weight is 264 g/mol. The van der Waals surface area contributed by atoms with E-state index in [2.05, 4.69) is 10.5 Å². The number of hydrogen-bond acceptors (Lipinski definition) is 3.